The molecule has 0 saturated heterocycles. The molecule has 176 valence electrons. The van der Waals surface area contributed by atoms with Crippen molar-refractivity contribution in [1.82, 2.24) is 15.0 Å². The molecule has 0 bridgehead atoms. The zero-order chi connectivity index (χ0) is 24.0. The molecule has 1 aromatic heterocycles. The maximum atomic E-state index is 13.7. The van der Waals surface area contributed by atoms with E-state index in [0.717, 1.165) is 18.5 Å². The summed E-state index contributed by atoms with van der Waals surface area (Å²) in [5.41, 5.74) is 2.20. The summed E-state index contributed by atoms with van der Waals surface area (Å²) in [6.45, 7) is 7.50. The van der Waals surface area contributed by atoms with Crippen molar-refractivity contribution in [3.63, 3.8) is 0 Å². The molecule has 0 saturated carbocycles. The van der Waals surface area contributed by atoms with Gasteiger partial charge in [-0.05, 0) is 64.7 Å². The highest BCUT2D eigenvalue weighted by atomic mass is 79.9. The van der Waals surface area contributed by atoms with Crippen LogP contribution in [0.15, 0.2) is 50.2 Å². The molecule has 2 aromatic carbocycles. The summed E-state index contributed by atoms with van der Waals surface area (Å²) in [5.74, 6) is -0.541. The number of amides is 2. The molecule has 0 aliphatic heterocycles. The van der Waals surface area contributed by atoms with Gasteiger partial charge in [-0.2, -0.15) is 0 Å². The van der Waals surface area contributed by atoms with Gasteiger partial charge in [0.2, 0.25) is 0 Å². The number of hydrogen-bond donors (Lipinski definition) is 3. The number of nitrogens with zero attached hydrogens (tertiary/aromatic N) is 2. The quantitative estimate of drug-likeness (QED) is 0.329. The predicted molar refractivity (Wildman–Crippen MR) is 130 cm³/mol. The van der Waals surface area contributed by atoms with Crippen molar-refractivity contribution in [2.45, 2.75) is 33.6 Å². The van der Waals surface area contributed by atoms with Gasteiger partial charge in [-0.25, -0.2) is 18.5 Å². The van der Waals surface area contributed by atoms with Crippen molar-refractivity contribution in [1.29, 1.82) is 0 Å². The first-order valence-electron chi connectivity index (χ1n) is 10.8. The lowest BCUT2D eigenvalue weighted by Crippen LogP contribution is -2.29. The topological polar surface area (TPSA) is 101 Å². The van der Waals surface area contributed by atoms with Crippen LogP contribution in [-0.4, -0.2) is 28.8 Å². The van der Waals surface area contributed by atoms with E-state index < -0.39 is 11.6 Å². The number of halogens is 2. The minimum absolute atomic E-state index is 0.207. The van der Waals surface area contributed by atoms with Crippen LogP contribution in [0, 0.1) is 11.7 Å². The third kappa shape index (κ3) is 6.22. The van der Waals surface area contributed by atoms with Gasteiger partial charge in [-0.1, -0.05) is 32.3 Å². The van der Waals surface area contributed by atoms with Crippen LogP contribution >= 0.6 is 15.9 Å². The lowest BCUT2D eigenvalue weighted by Gasteiger charge is -2.16. The second-order valence-corrected chi connectivity index (χ2v) is 8.83. The number of rotatable bonds is 9. The van der Waals surface area contributed by atoms with Gasteiger partial charge in [-0.15, -0.1) is 0 Å². The van der Waals surface area contributed by atoms with Crippen LogP contribution in [0.4, 0.5) is 20.6 Å². The van der Waals surface area contributed by atoms with E-state index in [1.165, 1.54) is 22.8 Å². The molecule has 3 aromatic rings. The molecule has 8 nitrogen and oxygen atoms in total. The van der Waals surface area contributed by atoms with Gasteiger partial charge in [0.15, 0.2) is 5.82 Å². The monoisotopic (exact) mass is 519 g/mol. The largest absolute Gasteiger partial charge is 0.446 e. The smallest absolute Gasteiger partial charge is 0.383 e. The summed E-state index contributed by atoms with van der Waals surface area (Å²) in [7, 11) is 0. The highest BCUT2D eigenvalue weighted by molar-refractivity contribution is 9.10. The lowest BCUT2D eigenvalue weighted by molar-refractivity contribution is 0.252. The summed E-state index contributed by atoms with van der Waals surface area (Å²) in [4.78, 5) is 24.8. The highest BCUT2D eigenvalue weighted by Gasteiger charge is 2.18. The standard InChI is InChI=1S/C23H27BrFN5O3/c1-4-5-10-26-22(31)28-20-11-15(6-9-19(20)27-13-14(2)3)21-29-33-23(32)30(21)16-7-8-18(25)17(24)12-16/h6-9,11-12,14,27H,4-5,10,13H2,1-3H3,(H2,26,28,31). The van der Waals surface area contributed by atoms with E-state index >= 15 is 0 Å². The van der Waals surface area contributed by atoms with E-state index in [1.807, 2.05) is 13.0 Å². The fourth-order valence-electron chi connectivity index (χ4n) is 3.08. The summed E-state index contributed by atoms with van der Waals surface area (Å²) in [6, 6.07) is 9.15. The number of urea groups is 1. The predicted octanol–water partition coefficient (Wildman–Crippen LogP) is 5.38. The molecule has 33 heavy (non-hydrogen) atoms. The Balaban J connectivity index is 1.99. The molecule has 2 amide bonds. The fourth-order valence-corrected chi connectivity index (χ4v) is 3.45. The lowest BCUT2D eigenvalue weighted by atomic mass is 10.1. The van der Waals surface area contributed by atoms with Crippen molar-refractivity contribution in [2.75, 3.05) is 23.7 Å². The summed E-state index contributed by atoms with van der Waals surface area (Å²) < 4.78 is 20.0. The Morgan fingerprint density at radius 3 is 2.70 bits per heavy atom. The van der Waals surface area contributed by atoms with Crippen LogP contribution in [0.3, 0.4) is 0 Å². The van der Waals surface area contributed by atoms with Gasteiger partial charge in [-0.3, -0.25) is 4.52 Å². The number of benzene rings is 2. The molecule has 0 spiro atoms. The Morgan fingerprint density at radius 1 is 1.21 bits per heavy atom. The molecule has 0 atom stereocenters. The zero-order valence-corrected chi connectivity index (χ0v) is 20.3. The molecule has 10 heteroatoms. The van der Waals surface area contributed by atoms with Crippen molar-refractivity contribution in [3.05, 3.63) is 57.2 Å². The average Bonchev–Trinajstić information content (AvgIpc) is 3.16. The van der Waals surface area contributed by atoms with E-state index in [0.29, 0.717) is 35.9 Å². The Hall–Kier alpha value is -3.14. The first-order valence-corrected chi connectivity index (χ1v) is 11.6. The second kappa shape index (κ2) is 11.1. The van der Waals surface area contributed by atoms with E-state index in [4.69, 9.17) is 4.52 Å². The van der Waals surface area contributed by atoms with E-state index in [-0.39, 0.29) is 16.3 Å². The van der Waals surface area contributed by atoms with Gasteiger partial charge in [0.1, 0.15) is 5.82 Å². The average molecular weight is 520 g/mol. The van der Waals surface area contributed by atoms with Crippen LogP contribution in [0.5, 0.6) is 0 Å². The molecule has 3 N–H and O–H groups in total. The van der Waals surface area contributed by atoms with Crippen molar-refractivity contribution < 1.29 is 13.7 Å². The fraction of sp³-hybridized carbons (Fsp3) is 0.348. The molecular weight excluding hydrogens is 493 g/mol. The van der Waals surface area contributed by atoms with Crippen molar-refractivity contribution in [2.24, 2.45) is 5.92 Å². The van der Waals surface area contributed by atoms with Crippen molar-refractivity contribution >= 4 is 33.3 Å². The number of carbonyl (C=O) groups is 1. The number of aromatic nitrogens is 2. The Labute approximate surface area is 199 Å². The number of carbonyl (C=O) groups excluding carboxylic acids is 1. The van der Waals surface area contributed by atoms with E-state index in [2.05, 4.69) is 50.9 Å². The van der Waals surface area contributed by atoms with Crippen molar-refractivity contribution in [3.8, 4) is 17.1 Å². The Kier molecular flexibility index (Phi) is 8.26. The third-order valence-corrected chi connectivity index (χ3v) is 5.42. The first-order chi connectivity index (χ1) is 15.8. The minimum Gasteiger partial charge on any atom is -0.383 e. The molecule has 1 heterocycles. The normalized spacial score (nSPS) is 11.0. The van der Waals surface area contributed by atoms with Crippen LogP contribution in [-0.2, 0) is 0 Å². The van der Waals surface area contributed by atoms with Crippen LogP contribution in [0.1, 0.15) is 33.6 Å². The zero-order valence-electron chi connectivity index (χ0n) is 18.7. The molecular formula is C23H27BrFN5O3. The minimum atomic E-state index is -0.711. The molecule has 3 rings (SSSR count). The number of anilines is 2. The number of nitrogens with one attached hydrogen (secondary N) is 3. The summed E-state index contributed by atoms with van der Waals surface area (Å²) in [6.07, 6.45) is 1.85. The highest BCUT2D eigenvalue weighted by Crippen LogP contribution is 2.30. The maximum Gasteiger partial charge on any atom is 0.446 e. The molecule has 0 fully saturated rings. The van der Waals surface area contributed by atoms with E-state index in [1.54, 1.807) is 12.1 Å². The first kappa shape index (κ1) is 24.5. The van der Waals surface area contributed by atoms with Crippen LogP contribution in [0.2, 0.25) is 0 Å². The number of unbranched alkanes of at least 4 members (excludes halogenated alkanes) is 1. The van der Waals surface area contributed by atoms with Crippen LogP contribution < -0.4 is 21.7 Å². The Morgan fingerprint density at radius 2 is 2.00 bits per heavy atom. The van der Waals surface area contributed by atoms with Gasteiger partial charge < -0.3 is 16.0 Å². The third-order valence-electron chi connectivity index (χ3n) is 4.81. The number of hydrogen-bond acceptors (Lipinski definition) is 5. The van der Waals surface area contributed by atoms with Gasteiger partial charge in [0, 0.05) is 18.7 Å². The van der Waals surface area contributed by atoms with Crippen LogP contribution in [0.25, 0.3) is 17.1 Å². The maximum absolute atomic E-state index is 13.7. The molecule has 0 aliphatic carbocycles. The Bertz CT molecular complexity index is 1180. The summed E-state index contributed by atoms with van der Waals surface area (Å²) in [5, 5.41) is 12.9. The summed E-state index contributed by atoms with van der Waals surface area (Å²) >= 11 is 3.14. The SMILES string of the molecule is CCCCNC(=O)Nc1cc(-c2noc(=O)n2-c2ccc(F)c(Br)c2)ccc1NCC(C)C. The van der Waals surface area contributed by atoms with Gasteiger partial charge >= 0.3 is 11.8 Å². The second-order valence-electron chi connectivity index (χ2n) is 7.98. The van der Waals surface area contributed by atoms with Gasteiger partial charge in [0.25, 0.3) is 0 Å². The van der Waals surface area contributed by atoms with Gasteiger partial charge in [0.05, 0.1) is 21.5 Å². The van der Waals surface area contributed by atoms with E-state index in [9.17, 15) is 14.0 Å². The molecule has 0 radical (unpaired) electrons. The molecule has 0 aliphatic rings. The molecule has 0 unspecified atom stereocenters.